The van der Waals surface area contributed by atoms with Crippen LogP contribution >= 0.6 is 0 Å². The third kappa shape index (κ3) is 2.86. The minimum atomic E-state index is -2.72. The van der Waals surface area contributed by atoms with E-state index >= 15 is 0 Å². The van der Waals surface area contributed by atoms with Gasteiger partial charge in [-0.1, -0.05) is 6.58 Å². The normalized spacial score (nSPS) is 11.2. The largest absolute Gasteiger partial charge is 0.508 e. The number of hydrogen-bond acceptors (Lipinski definition) is 4. The molecule has 0 rings (SSSR count). The number of carbonyl (C=O) groups excluding carboxylic acids is 1. The van der Waals surface area contributed by atoms with Crippen LogP contribution in [0.2, 0.25) is 6.04 Å². The molecule has 0 spiro atoms. The second-order valence-corrected chi connectivity index (χ2v) is 5.09. The average molecular weight is 190 g/mol. The molecule has 70 valence electrons. The average Bonchev–Trinajstić information content (AvgIpc) is 2.14. The van der Waals surface area contributed by atoms with Crippen LogP contribution in [0.1, 0.15) is 0 Å². The van der Waals surface area contributed by atoms with E-state index in [1.54, 1.807) is 0 Å². The molecule has 0 unspecified atom stereocenters. The zero-order valence-electron chi connectivity index (χ0n) is 7.62. The molecule has 0 aromatic carbocycles. The van der Waals surface area contributed by atoms with Crippen LogP contribution in [0.5, 0.6) is 0 Å². The van der Waals surface area contributed by atoms with E-state index in [2.05, 4.69) is 6.58 Å². The van der Waals surface area contributed by atoms with Crippen LogP contribution in [0.4, 0.5) is 0 Å². The van der Waals surface area contributed by atoms with Gasteiger partial charge in [0.2, 0.25) is 0 Å². The van der Waals surface area contributed by atoms with E-state index in [1.165, 1.54) is 27.4 Å². The van der Waals surface area contributed by atoms with Gasteiger partial charge in [-0.25, -0.2) is 0 Å². The molecule has 0 radical (unpaired) electrons. The van der Waals surface area contributed by atoms with Gasteiger partial charge in [-0.05, 0) is 6.08 Å². The summed E-state index contributed by atoms with van der Waals surface area (Å²) in [4.78, 5) is 11.0. The van der Waals surface area contributed by atoms with Gasteiger partial charge >= 0.3 is 8.80 Å². The molecule has 0 heterocycles. The standard InChI is InChI=1S/C7H14O4Si/c1-5-7(8)6-12(9-2,10-3)11-4/h5H,1,6H2,2-4H3. The Bertz CT molecular complexity index is 157. The molecule has 0 amide bonds. The van der Waals surface area contributed by atoms with Crippen molar-refractivity contribution in [2.75, 3.05) is 21.3 Å². The van der Waals surface area contributed by atoms with Crippen LogP contribution in [-0.4, -0.2) is 35.9 Å². The predicted octanol–water partition coefficient (Wildman–Crippen LogP) is 0.620. The van der Waals surface area contributed by atoms with Crippen LogP contribution in [-0.2, 0) is 18.1 Å². The van der Waals surface area contributed by atoms with Crippen molar-refractivity contribution in [2.45, 2.75) is 6.04 Å². The van der Waals surface area contributed by atoms with Crippen LogP contribution < -0.4 is 0 Å². The van der Waals surface area contributed by atoms with E-state index in [1.807, 2.05) is 0 Å². The maximum atomic E-state index is 11.0. The van der Waals surface area contributed by atoms with Gasteiger partial charge in [-0.2, -0.15) is 0 Å². The Morgan fingerprint density at radius 1 is 1.33 bits per heavy atom. The molecule has 0 aliphatic rings. The Balaban J connectivity index is 4.29. The summed E-state index contributed by atoms with van der Waals surface area (Å²) in [5.41, 5.74) is 0. The predicted molar refractivity (Wildman–Crippen MR) is 46.8 cm³/mol. The lowest BCUT2D eigenvalue weighted by Gasteiger charge is -2.22. The molecule has 0 atom stereocenters. The minimum absolute atomic E-state index is 0.132. The molecule has 12 heavy (non-hydrogen) atoms. The van der Waals surface area contributed by atoms with E-state index in [0.29, 0.717) is 0 Å². The second kappa shape index (κ2) is 5.21. The van der Waals surface area contributed by atoms with Crippen molar-refractivity contribution < 1.29 is 18.1 Å². The number of rotatable bonds is 6. The highest BCUT2D eigenvalue weighted by molar-refractivity contribution is 6.64. The molecule has 0 fully saturated rings. The Labute approximate surface area is 73.5 Å². The van der Waals surface area contributed by atoms with Crippen molar-refractivity contribution >= 4 is 14.6 Å². The lowest BCUT2D eigenvalue weighted by Crippen LogP contribution is -2.44. The minimum Gasteiger partial charge on any atom is -0.377 e. The molecule has 0 aliphatic heterocycles. The van der Waals surface area contributed by atoms with Crippen molar-refractivity contribution in [3.05, 3.63) is 12.7 Å². The van der Waals surface area contributed by atoms with Gasteiger partial charge in [0.05, 0.1) is 6.04 Å². The zero-order valence-corrected chi connectivity index (χ0v) is 8.62. The van der Waals surface area contributed by atoms with Gasteiger partial charge in [0.1, 0.15) is 0 Å². The maximum Gasteiger partial charge on any atom is 0.508 e. The summed E-state index contributed by atoms with van der Waals surface area (Å²) >= 11 is 0. The molecule has 0 saturated heterocycles. The fraction of sp³-hybridized carbons (Fsp3) is 0.571. The quantitative estimate of drug-likeness (QED) is 0.455. The third-order valence-corrected chi connectivity index (χ3v) is 4.20. The molecule has 0 N–H and O–H groups in total. The smallest absolute Gasteiger partial charge is 0.377 e. The van der Waals surface area contributed by atoms with E-state index < -0.39 is 8.80 Å². The molecule has 4 nitrogen and oxygen atoms in total. The molecular formula is C7H14O4Si. The summed E-state index contributed by atoms with van der Waals surface area (Å²) in [6.07, 6.45) is 1.23. The number of allylic oxidation sites excluding steroid dienone is 1. The van der Waals surface area contributed by atoms with Gasteiger partial charge in [-0.15, -0.1) is 0 Å². The summed E-state index contributed by atoms with van der Waals surface area (Å²) in [5.74, 6) is -0.132. The first-order chi connectivity index (χ1) is 5.64. The van der Waals surface area contributed by atoms with Gasteiger partial charge in [0.25, 0.3) is 0 Å². The van der Waals surface area contributed by atoms with Crippen molar-refractivity contribution in [1.82, 2.24) is 0 Å². The lowest BCUT2D eigenvalue weighted by molar-refractivity contribution is -0.113. The Morgan fingerprint density at radius 3 is 2.00 bits per heavy atom. The Hall–Kier alpha value is -0.493. The first kappa shape index (κ1) is 11.5. The SMILES string of the molecule is C=CC(=O)C[Si](OC)(OC)OC. The highest BCUT2D eigenvalue weighted by atomic mass is 28.4. The number of hydrogen-bond donors (Lipinski definition) is 0. The fourth-order valence-electron chi connectivity index (χ4n) is 0.752. The lowest BCUT2D eigenvalue weighted by atomic mass is 10.5. The van der Waals surface area contributed by atoms with Crippen LogP contribution in [0.25, 0.3) is 0 Å². The molecule has 5 heteroatoms. The highest BCUT2D eigenvalue weighted by Gasteiger charge is 2.39. The van der Waals surface area contributed by atoms with E-state index in [-0.39, 0.29) is 11.8 Å². The summed E-state index contributed by atoms with van der Waals surface area (Å²) in [5, 5.41) is 0. The highest BCUT2D eigenvalue weighted by Crippen LogP contribution is 2.12. The third-order valence-electron chi connectivity index (χ3n) is 1.55. The number of carbonyl (C=O) groups is 1. The first-order valence-corrected chi connectivity index (χ1v) is 5.38. The topological polar surface area (TPSA) is 44.8 Å². The second-order valence-electron chi connectivity index (χ2n) is 2.14. The van der Waals surface area contributed by atoms with Crippen LogP contribution in [0, 0.1) is 0 Å². The molecule has 0 saturated carbocycles. The van der Waals surface area contributed by atoms with Crippen LogP contribution in [0.3, 0.4) is 0 Å². The van der Waals surface area contributed by atoms with Crippen molar-refractivity contribution in [1.29, 1.82) is 0 Å². The van der Waals surface area contributed by atoms with Crippen molar-refractivity contribution in [2.24, 2.45) is 0 Å². The molecule has 0 aromatic rings. The van der Waals surface area contributed by atoms with Crippen molar-refractivity contribution in [3.8, 4) is 0 Å². The molecular weight excluding hydrogens is 176 g/mol. The molecule has 0 bridgehead atoms. The van der Waals surface area contributed by atoms with Gasteiger partial charge in [0.15, 0.2) is 5.78 Å². The Morgan fingerprint density at radius 2 is 1.75 bits per heavy atom. The summed E-state index contributed by atoms with van der Waals surface area (Å²) in [6.45, 7) is 3.35. The molecule has 0 aliphatic carbocycles. The Kier molecular flexibility index (Phi) is 4.99. The fourth-order valence-corrected chi connectivity index (χ4v) is 2.26. The monoisotopic (exact) mass is 190 g/mol. The van der Waals surface area contributed by atoms with Gasteiger partial charge in [0, 0.05) is 21.3 Å². The summed E-state index contributed by atoms with van der Waals surface area (Å²) in [7, 11) is 1.68. The molecule has 0 aromatic heterocycles. The summed E-state index contributed by atoms with van der Waals surface area (Å²) in [6, 6.07) is 0.139. The van der Waals surface area contributed by atoms with E-state index in [9.17, 15) is 4.79 Å². The maximum absolute atomic E-state index is 11.0. The van der Waals surface area contributed by atoms with Gasteiger partial charge in [-0.3, -0.25) is 4.79 Å². The number of ketones is 1. The van der Waals surface area contributed by atoms with Gasteiger partial charge < -0.3 is 13.3 Å². The first-order valence-electron chi connectivity index (χ1n) is 3.45. The van der Waals surface area contributed by atoms with Crippen LogP contribution in [0.15, 0.2) is 12.7 Å². The zero-order chi connectivity index (χ0) is 9.61. The van der Waals surface area contributed by atoms with E-state index in [4.69, 9.17) is 13.3 Å². The van der Waals surface area contributed by atoms with Crippen molar-refractivity contribution in [3.63, 3.8) is 0 Å². The summed E-state index contributed by atoms with van der Waals surface area (Å²) < 4.78 is 15.1. The van der Waals surface area contributed by atoms with E-state index in [0.717, 1.165) is 0 Å².